The van der Waals surface area contributed by atoms with Crippen molar-refractivity contribution in [2.24, 2.45) is 0 Å². The molecule has 16 heavy (non-hydrogen) atoms. The number of nitrogen functional groups attached to an aromatic ring is 1. The quantitative estimate of drug-likeness (QED) is 0.627. The fourth-order valence-electron chi connectivity index (χ4n) is 1.75. The zero-order valence-electron chi connectivity index (χ0n) is 9.01. The van der Waals surface area contributed by atoms with Gasteiger partial charge in [0.15, 0.2) is 0 Å². The highest BCUT2D eigenvalue weighted by atomic mass is 32.2. The average molecular weight is 254 g/mol. The van der Waals surface area contributed by atoms with Crippen LogP contribution in [0.4, 0.5) is 11.4 Å². The van der Waals surface area contributed by atoms with Gasteiger partial charge < -0.3 is 10.6 Å². The second-order valence-corrected chi connectivity index (χ2v) is 5.53. The minimum atomic E-state index is -0.0315. The van der Waals surface area contributed by atoms with E-state index >= 15 is 0 Å². The number of carbonyl (C=O) groups is 1. The van der Waals surface area contributed by atoms with Gasteiger partial charge in [0, 0.05) is 22.9 Å². The van der Waals surface area contributed by atoms with Crippen molar-refractivity contribution in [3.05, 3.63) is 18.2 Å². The summed E-state index contributed by atoms with van der Waals surface area (Å²) in [4.78, 5) is 14.9. The molecular formula is C11H14N2OS2. The van der Waals surface area contributed by atoms with Gasteiger partial charge in [0.2, 0.25) is 5.91 Å². The SMILES string of the molecule is CC1Sc2ccc(N)cc2N(CCS)C1=O. The van der Waals surface area contributed by atoms with E-state index in [4.69, 9.17) is 5.73 Å². The van der Waals surface area contributed by atoms with Gasteiger partial charge in [0.25, 0.3) is 0 Å². The number of nitrogens with two attached hydrogens (primary N) is 1. The van der Waals surface area contributed by atoms with Gasteiger partial charge in [-0.1, -0.05) is 0 Å². The van der Waals surface area contributed by atoms with Crippen molar-refractivity contribution in [1.29, 1.82) is 0 Å². The minimum absolute atomic E-state index is 0.0315. The molecule has 0 aliphatic carbocycles. The van der Waals surface area contributed by atoms with Gasteiger partial charge in [0.1, 0.15) is 0 Å². The first-order valence-corrected chi connectivity index (χ1v) is 6.63. The number of hydrogen-bond donors (Lipinski definition) is 2. The van der Waals surface area contributed by atoms with Crippen LogP contribution in [0, 0.1) is 0 Å². The summed E-state index contributed by atoms with van der Waals surface area (Å²) in [5, 5.41) is -0.0315. The molecule has 1 heterocycles. The standard InChI is InChI=1S/C11H14N2OS2/c1-7-11(14)13(4-5-15)9-6-8(12)2-3-10(9)16-7/h2-3,6-7,15H,4-5,12H2,1H3. The Labute approximate surface area is 105 Å². The molecule has 0 fully saturated rings. The first kappa shape index (κ1) is 11.7. The lowest BCUT2D eigenvalue weighted by Gasteiger charge is -2.32. The van der Waals surface area contributed by atoms with E-state index in [1.165, 1.54) is 0 Å². The Morgan fingerprint density at radius 2 is 2.31 bits per heavy atom. The number of fused-ring (bicyclic) bond motifs is 1. The van der Waals surface area contributed by atoms with Crippen LogP contribution in [0.1, 0.15) is 6.92 Å². The first-order chi connectivity index (χ1) is 7.63. The van der Waals surface area contributed by atoms with Gasteiger partial charge in [-0.2, -0.15) is 12.6 Å². The molecule has 0 saturated carbocycles. The predicted octanol–water partition coefficient (Wildman–Crippen LogP) is 2.03. The molecule has 0 bridgehead atoms. The van der Waals surface area contributed by atoms with Gasteiger partial charge in [0.05, 0.1) is 10.9 Å². The highest BCUT2D eigenvalue weighted by Crippen LogP contribution is 2.39. The predicted molar refractivity (Wildman–Crippen MR) is 72.4 cm³/mol. The maximum absolute atomic E-state index is 12.0. The Balaban J connectivity index is 2.45. The van der Waals surface area contributed by atoms with Gasteiger partial charge in [-0.25, -0.2) is 0 Å². The zero-order chi connectivity index (χ0) is 11.7. The van der Waals surface area contributed by atoms with Crippen LogP contribution in [-0.2, 0) is 4.79 Å². The molecule has 0 aromatic heterocycles. The second kappa shape index (κ2) is 4.59. The molecule has 2 N–H and O–H groups in total. The molecule has 5 heteroatoms. The van der Waals surface area contributed by atoms with Crippen molar-refractivity contribution >= 4 is 41.7 Å². The molecule has 1 aliphatic rings. The Morgan fingerprint density at radius 1 is 1.56 bits per heavy atom. The lowest BCUT2D eigenvalue weighted by molar-refractivity contribution is -0.117. The van der Waals surface area contributed by atoms with Crippen molar-refractivity contribution in [2.45, 2.75) is 17.1 Å². The summed E-state index contributed by atoms with van der Waals surface area (Å²) in [6.45, 7) is 2.56. The van der Waals surface area contributed by atoms with Crippen molar-refractivity contribution in [3.8, 4) is 0 Å². The van der Waals surface area contributed by atoms with E-state index in [0.29, 0.717) is 18.0 Å². The van der Waals surface area contributed by atoms with Crippen molar-refractivity contribution in [1.82, 2.24) is 0 Å². The summed E-state index contributed by atoms with van der Waals surface area (Å²) in [6.07, 6.45) is 0. The van der Waals surface area contributed by atoms with Crippen LogP contribution in [0.2, 0.25) is 0 Å². The van der Waals surface area contributed by atoms with Crippen molar-refractivity contribution in [3.63, 3.8) is 0 Å². The number of rotatable bonds is 2. The summed E-state index contributed by atoms with van der Waals surface area (Å²) >= 11 is 5.77. The van der Waals surface area contributed by atoms with Gasteiger partial charge in [-0.3, -0.25) is 4.79 Å². The third kappa shape index (κ3) is 2.01. The van der Waals surface area contributed by atoms with Crippen LogP contribution in [-0.4, -0.2) is 23.5 Å². The molecular weight excluding hydrogens is 240 g/mol. The molecule has 3 nitrogen and oxygen atoms in total. The van der Waals surface area contributed by atoms with Gasteiger partial charge >= 0.3 is 0 Å². The topological polar surface area (TPSA) is 46.3 Å². The van der Waals surface area contributed by atoms with E-state index in [0.717, 1.165) is 10.6 Å². The normalized spacial score (nSPS) is 19.8. The largest absolute Gasteiger partial charge is 0.399 e. The smallest absolute Gasteiger partial charge is 0.240 e. The fourth-order valence-corrected chi connectivity index (χ4v) is 3.00. The molecule has 1 amide bonds. The third-order valence-electron chi connectivity index (χ3n) is 2.51. The first-order valence-electron chi connectivity index (χ1n) is 5.12. The van der Waals surface area contributed by atoms with Crippen LogP contribution in [0.15, 0.2) is 23.1 Å². The minimum Gasteiger partial charge on any atom is -0.399 e. The Hall–Kier alpha value is -0.810. The molecule has 2 rings (SSSR count). The lowest BCUT2D eigenvalue weighted by Crippen LogP contribution is -2.40. The summed E-state index contributed by atoms with van der Waals surface area (Å²) < 4.78 is 0. The number of hydrogen-bond acceptors (Lipinski definition) is 4. The number of amides is 1. The van der Waals surface area contributed by atoms with Crippen LogP contribution < -0.4 is 10.6 Å². The monoisotopic (exact) mass is 254 g/mol. The number of nitrogens with zero attached hydrogens (tertiary/aromatic N) is 1. The molecule has 1 unspecified atom stereocenters. The van der Waals surface area contributed by atoms with E-state index in [-0.39, 0.29) is 11.2 Å². The van der Waals surface area contributed by atoms with E-state index in [1.807, 2.05) is 25.1 Å². The van der Waals surface area contributed by atoms with Crippen molar-refractivity contribution < 1.29 is 4.79 Å². The highest BCUT2D eigenvalue weighted by Gasteiger charge is 2.30. The Bertz CT molecular complexity index is 422. The van der Waals surface area contributed by atoms with Crippen molar-refractivity contribution in [2.75, 3.05) is 22.9 Å². The molecule has 0 spiro atoms. The van der Waals surface area contributed by atoms with E-state index < -0.39 is 0 Å². The van der Waals surface area contributed by atoms with Crippen LogP contribution >= 0.6 is 24.4 Å². The number of benzene rings is 1. The average Bonchev–Trinajstić information content (AvgIpc) is 2.26. The summed E-state index contributed by atoms with van der Waals surface area (Å²) in [5.41, 5.74) is 7.36. The van der Waals surface area contributed by atoms with Crippen LogP contribution in [0.3, 0.4) is 0 Å². The molecule has 0 saturated heterocycles. The Kier molecular flexibility index (Phi) is 3.35. The molecule has 1 aromatic carbocycles. The third-order valence-corrected chi connectivity index (χ3v) is 3.87. The van der Waals surface area contributed by atoms with E-state index in [9.17, 15) is 4.79 Å². The summed E-state index contributed by atoms with van der Waals surface area (Å²) in [5.74, 6) is 0.786. The molecule has 1 aromatic rings. The number of carbonyl (C=O) groups excluding carboxylic acids is 1. The molecule has 86 valence electrons. The lowest BCUT2D eigenvalue weighted by atomic mass is 10.2. The molecule has 1 atom stereocenters. The highest BCUT2D eigenvalue weighted by molar-refractivity contribution is 8.01. The maximum atomic E-state index is 12.0. The van der Waals surface area contributed by atoms with Crippen LogP contribution in [0.5, 0.6) is 0 Å². The number of thioether (sulfide) groups is 1. The zero-order valence-corrected chi connectivity index (χ0v) is 10.7. The molecule has 1 aliphatic heterocycles. The molecule has 0 radical (unpaired) electrons. The van der Waals surface area contributed by atoms with Gasteiger partial charge in [-0.05, 0) is 25.1 Å². The summed E-state index contributed by atoms with van der Waals surface area (Å²) in [7, 11) is 0. The van der Waals surface area contributed by atoms with Crippen LogP contribution in [0.25, 0.3) is 0 Å². The summed E-state index contributed by atoms with van der Waals surface area (Å²) in [6, 6.07) is 5.70. The number of thiol groups is 1. The second-order valence-electron chi connectivity index (χ2n) is 3.70. The van der Waals surface area contributed by atoms with Gasteiger partial charge in [-0.15, -0.1) is 11.8 Å². The van der Waals surface area contributed by atoms with E-state index in [1.54, 1.807) is 16.7 Å². The Morgan fingerprint density at radius 3 is 3.00 bits per heavy atom. The fraction of sp³-hybridized carbons (Fsp3) is 0.364. The van der Waals surface area contributed by atoms with E-state index in [2.05, 4.69) is 12.6 Å². The maximum Gasteiger partial charge on any atom is 0.240 e. The number of anilines is 2.